The number of aliphatic hydroxyl groups excluding tert-OH is 1. The smallest absolute Gasteiger partial charge is 0.0616 e. The zero-order chi connectivity index (χ0) is 10.6. The van der Waals surface area contributed by atoms with Crippen LogP contribution in [-0.2, 0) is 4.74 Å². The third-order valence-corrected chi connectivity index (χ3v) is 3.72. The molecule has 2 saturated heterocycles. The van der Waals surface area contributed by atoms with E-state index in [9.17, 15) is 5.11 Å². The highest BCUT2D eigenvalue weighted by Gasteiger charge is 2.37. The van der Waals surface area contributed by atoms with Gasteiger partial charge in [-0.15, -0.1) is 0 Å². The second-order valence-corrected chi connectivity index (χ2v) is 4.59. The van der Waals surface area contributed by atoms with E-state index in [0.717, 1.165) is 58.7 Å². The zero-order valence-corrected chi connectivity index (χ0v) is 9.37. The molecule has 0 spiro atoms. The molecule has 4 nitrogen and oxygen atoms in total. The second kappa shape index (κ2) is 5.25. The minimum atomic E-state index is -0.00139. The van der Waals surface area contributed by atoms with Crippen LogP contribution in [0.3, 0.4) is 0 Å². The summed E-state index contributed by atoms with van der Waals surface area (Å²) in [5, 5.41) is 13.1. The molecule has 88 valence electrons. The van der Waals surface area contributed by atoms with Crippen LogP contribution in [0.1, 0.15) is 19.3 Å². The Bertz CT molecular complexity index is 185. The average Bonchev–Trinajstić information content (AvgIpc) is 2.56. The van der Waals surface area contributed by atoms with Crippen molar-refractivity contribution in [3.63, 3.8) is 0 Å². The molecule has 2 heterocycles. The number of nitrogens with zero attached hydrogens (tertiary/aromatic N) is 1. The van der Waals surface area contributed by atoms with Crippen LogP contribution < -0.4 is 5.32 Å². The molecule has 0 radical (unpaired) electrons. The summed E-state index contributed by atoms with van der Waals surface area (Å²) in [5.74, 6) is 0. The maximum Gasteiger partial charge on any atom is 0.0616 e. The summed E-state index contributed by atoms with van der Waals surface area (Å²) in [5.41, 5.74) is -0.00139. The maximum atomic E-state index is 9.70. The average molecular weight is 214 g/mol. The first-order valence-corrected chi connectivity index (χ1v) is 6.02. The molecule has 0 aromatic carbocycles. The number of ether oxygens (including phenoxy) is 1. The molecular weight excluding hydrogens is 192 g/mol. The molecule has 1 atom stereocenters. The molecule has 2 rings (SSSR count). The number of nitrogens with one attached hydrogen (secondary N) is 1. The number of rotatable bonds is 2. The van der Waals surface area contributed by atoms with Gasteiger partial charge in [0.1, 0.15) is 0 Å². The highest BCUT2D eigenvalue weighted by Crippen LogP contribution is 2.28. The van der Waals surface area contributed by atoms with Crippen molar-refractivity contribution in [3.05, 3.63) is 0 Å². The van der Waals surface area contributed by atoms with Gasteiger partial charge in [-0.25, -0.2) is 0 Å². The molecule has 4 heteroatoms. The predicted molar refractivity (Wildman–Crippen MR) is 58.9 cm³/mol. The van der Waals surface area contributed by atoms with Crippen molar-refractivity contribution in [2.24, 2.45) is 0 Å². The van der Waals surface area contributed by atoms with Crippen molar-refractivity contribution in [3.8, 4) is 0 Å². The maximum absolute atomic E-state index is 9.70. The van der Waals surface area contributed by atoms with Crippen LogP contribution in [0.2, 0.25) is 0 Å². The fourth-order valence-electron chi connectivity index (χ4n) is 2.71. The lowest BCUT2D eigenvalue weighted by atomic mass is 9.89. The van der Waals surface area contributed by atoms with E-state index in [0.29, 0.717) is 0 Å². The van der Waals surface area contributed by atoms with Crippen LogP contribution in [0.4, 0.5) is 0 Å². The summed E-state index contributed by atoms with van der Waals surface area (Å²) in [6, 6.07) is 0. The van der Waals surface area contributed by atoms with Crippen LogP contribution in [-0.4, -0.2) is 61.5 Å². The lowest BCUT2D eigenvalue weighted by Crippen LogP contribution is -2.58. The van der Waals surface area contributed by atoms with Crippen LogP contribution >= 0.6 is 0 Å². The molecule has 0 aromatic heterocycles. The Morgan fingerprint density at radius 2 is 2.00 bits per heavy atom. The van der Waals surface area contributed by atoms with E-state index in [1.807, 2.05) is 0 Å². The van der Waals surface area contributed by atoms with Crippen molar-refractivity contribution in [1.29, 1.82) is 0 Å². The Morgan fingerprint density at radius 3 is 2.73 bits per heavy atom. The summed E-state index contributed by atoms with van der Waals surface area (Å²) in [6.45, 7) is 6.13. The van der Waals surface area contributed by atoms with E-state index < -0.39 is 0 Å². The van der Waals surface area contributed by atoms with E-state index in [2.05, 4.69) is 10.2 Å². The monoisotopic (exact) mass is 214 g/mol. The van der Waals surface area contributed by atoms with Gasteiger partial charge in [0.05, 0.1) is 6.61 Å². The largest absolute Gasteiger partial charge is 0.394 e. The van der Waals surface area contributed by atoms with Crippen molar-refractivity contribution in [2.75, 3.05) is 46.0 Å². The van der Waals surface area contributed by atoms with Crippen LogP contribution in [0.15, 0.2) is 0 Å². The van der Waals surface area contributed by atoms with Gasteiger partial charge in [0.2, 0.25) is 0 Å². The molecule has 0 bridgehead atoms. The van der Waals surface area contributed by atoms with Gasteiger partial charge in [-0.3, -0.25) is 4.90 Å². The summed E-state index contributed by atoms with van der Waals surface area (Å²) >= 11 is 0. The van der Waals surface area contributed by atoms with E-state index in [-0.39, 0.29) is 12.1 Å². The van der Waals surface area contributed by atoms with Gasteiger partial charge in [-0.1, -0.05) is 0 Å². The molecule has 2 fully saturated rings. The van der Waals surface area contributed by atoms with Gasteiger partial charge in [0, 0.05) is 44.9 Å². The van der Waals surface area contributed by atoms with Crippen LogP contribution in [0.25, 0.3) is 0 Å². The first-order chi connectivity index (χ1) is 7.37. The van der Waals surface area contributed by atoms with E-state index in [1.54, 1.807) is 0 Å². The molecule has 0 amide bonds. The Hall–Kier alpha value is -0.160. The quantitative estimate of drug-likeness (QED) is 0.669. The van der Waals surface area contributed by atoms with Gasteiger partial charge < -0.3 is 15.2 Å². The molecular formula is C11H22N2O2. The van der Waals surface area contributed by atoms with Crippen molar-refractivity contribution < 1.29 is 9.84 Å². The van der Waals surface area contributed by atoms with Crippen LogP contribution in [0.5, 0.6) is 0 Å². The van der Waals surface area contributed by atoms with Crippen LogP contribution in [0, 0.1) is 0 Å². The Morgan fingerprint density at radius 1 is 1.20 bits per heavy atom. The molecule has 0 saturated carbocycles. The molecule has 2 aliphatic rings. The summed E-state index contributed by atoms with van der Waals surface area (Å²) in [4.78, 5) is 2.46. The summed E-state index contributed by atoms with van der Waals surface area (Å²) in [6.07, 6.45) is 3.12. The molecule has 2 aliphatic heterocycles. The highest BCUT2D eigenvalue weighted by atomic mass is 16.5. The number of piperazine rings is 1. The van der Waals surface area contributed by atoms with Crippen molar-refractivity contribution in [1.82, 2.24) is 10.2 Å². The SMILES string of the molecule is OCC1(N2CCNCC2)CCCOCC1. The number of hydrogen-bond acceptors (Lipinski definition) is 4. The third-order valence-electron chi connectivity index (χ3n) is 3.72. The molecule has 2 N–H and O–H groups in total. The van der Waals surface area contributed by atoms with Gasteiger partial charge in [-0.2, -0.15) is 0 Å². The topological polar surface area (TPSA) is 44.7 Å². The Labute approximate surface area is 91.6 Å². The van der Waals surface area contributed by atoms with E-state index >= 15 is 0 Å². The fraction of sp³-hybridized carbons (Fsp3) is 1.00. The van der Waals surface area contributed by atoms with Gasteiger partial charge in [-0.05, 0) is 19.3 Å². The Balaban J connectivity index is 2.03. The molecule has 1 unspecified atom stereocenters. The van der Waals surface area contributed by atoms with E-state index in [4.69, 9.17) is 4.74 Å². The third kappa shape index (κ3) is 2.50. The molecule has 0 aromatic rings. The first kappa shape index (κ1) is 11.3. The number of hydrogen-bond donors (Lipinski definition) is 2. The minimum absolute atomic E-state index is 0.00139. The summed E-state index contributed by atoms with van der Waals surface area (Å²) in [7, 11) is 0. The number of aliphatic hydroxyl groups is 1. The van der Waals surface area contributed by atoms with E-state index in [1.165, 1.54) is 0 Å². The highest BCUT2D eigenvalue weighted by molar-refractivity contribution is 4.93. The van der Waals surface area contributed by atoms with Crippen molar-refractivity contribution in [2.45, 2.75) is 24.8 Å². The minimum Gasteiger partial charge on any atom is -0.394 e. The van der Waals surface area contributed by atoms with Gasteiger partial charge in [0.25, 0.3) is 0 Å². The standard InChI is InChI=1S/C11H22N2O2/c14-10-11(2-1-8-15-9-3-11)13-6-4-12-5-7-13/h12,14H,1-10H2. The normalized spacial score (nSPS) is 35.0. The zero-order valence-electron chi connectivity index (χ0n) is 9.37. The lowest BCUT2D eigenvalue weighted by molar-refractivity contribution is 0.00481. The Kier molecular flexibility index (Phi) is 3.97. The van der Waals surface area contributed by atoms with Gasteiger partial charge in [0.15, 0.2) is 0 Å². The molecule has 15 heavy (non-hydrogen) atoms. The molecule has 0 aliphatic carbocycles. The second-order valence-electron chi connectivity index (χ2n) is 4.59. The van der Waals surface area contributed by atoms with Gasteiger partial charge >= 0.3 is 0 Å². The fourth-order valence-corrected chi connectivity index (χ4v) is 2.71. The predicted octanol–water partition coefficient (Wildman–Crippen LogP) is -0.177. The summed E-state index contributed by atoms with van der Waals surface area (Å²) < 4.78 is 5.49. The lowest BCUT2D eigenvalue weighted by Gasteiger charge is -2.44. The first-order valence-electron chi connectivity index (χ1n) is 6.02. The van der Waals surface area contributed by atoms with Crippen molar-refractivity contribution >= 4 is 0 Å².